The summed E-state index contributed by atoms with van der Waals surface area (Å²) in [6.45, 7) is 9.29. The number of thiophene rings is 1. The molecule has 0 saturated heterocycles. The fourth-order valence-corrected chi connectivity index (χ4v) is 4.61. The van der Waals surface area contributed by atoms with Crippen LogP contribution >= 0.6 is 23.1 Å². The molecule has 1 atom stereocenters. The smallest absolute Gasteiger partial charge is 0.190 e. The maximum Gasteiger partial charge on any atom is 0.190 e. The normalized spacial score (nSPS) is 17.7. The van der Waals surface area contributed by atoms with Gasteiger partial charge >= 0.3 is 0 Å². The number of thioether (sulfide) groups is 1. The second-order valence-electron chi connectivity index (χ2n) is 6.84. The number of aliphatic hydroxyl groups excluding tert-OH is 1. The van der Waals surface area contributed by atoms with Gasteiger partial charge in [-0.25, -0.2) is 9.97 Å². The largest absolute Gasteiger partial charge is 0.392 e. The number of fused-ring (bicyclic) bond motifs is 3. The van der Waals surface area contributed by atoms with Crippen LogP contribution in [0, 0.1) is 0 Å². The zero-order valence-corrected chi connectivity index (χ0v) is 16.3. The highest BCUT2D eigenvalue weighted by molar-refractivity contribution is 7.99. The lowest BCUT2D eigenvalue weighted by Gasteiger charge is -2.30. The number of nitrogens with one attached hydrogen (secondary N) is 1. The van der Waals surface area contributed by atoms with Crippen LogP contribution in [0.5, 0.6) is 0 Å². The highest BCUT2D eigenvalue weighted by atomic mass is 32.2. The average molecular weight is 368 g/mol. The SMILES string of the molecule is CCCSc1nc(NC[C@@H](C)O)c2c3c(sc2n1)COC(C)(C)C3. The Morgan fingerprint density at radius 2 is 2.21 bits per heavy atom. The van der Waals surface area contributed by atoms with E-state index >= 15 is 0 Å². The van der Waals surface area contributed by atoms with Gasteiger partial charge < -0.3 is 15.2 Å². The van der Waals surface area contributed by atoms with Crippen molar-refractivity contribution in [2.45, 2.75) is 64.0 Å². The average Bonchev–Trinajstić information content (AvgIpc) is 2.87. The van der Waals surface area contributed by atoms with Crippen LogP contribution in [0.2, 0.25) is 0 Å². The van der Waals surface area contributed by atoms with Crippen LogP contribution in [0.3, 0.4) is 0 Å². The number of hydrogen-bond acceptors (Lipinski definition) is 7. The van der Waals surface area contributed by atoms with Gasteiger partial charge in [-0.05, 0) is 32.8 Å². The van der Waals surface area contributed by atoms with E-state index in [4.69, 9.17) is 14.7 Å². The van der Waals surface area contributed by atoms with Crippen molar-refractivity contribution in [1.82, 2.24) is 9.97 Å². The molecule has 3 rings (SSSR count). The predicted octanol–water partition coefficient (Wildman–Crippen LogP) is 3.84. The van der Waals surface area contributed by atoms with Gasteiger partial charge in [0, 0.05) is 23.6 Å². The molecule has 0 aromatic carbocycles. The van der Waals surface area contributed by atoms with Gasteiger partial charge in [0.15, 0.2) is 5.16 Å². The van der Waals surface area contributed by atoms with E-state index in [1.165, 1.54) is 10.4 Å². The van der Waals surface area contributed by atoms with Gasteiger partial charge in [-0.3, -0.25) is 0 Å². The Morgan fingerprint density at radius 3 is 2.92 bits per heavy atom. The Bertz CT molecular complexity index is 728. The zero-order valence-electron chi connectivity index (χ0n) is 14.7. The van der Waals surface area contributed by atoms with Gasteiger partial charge in [0.2, 0.25) is 0 Å². The van der Waals surface area contributed by atoms with E-state index in [9.17, 15) is 5.11 Å². The van der Waals surface area contributed by atoms with Crippen molar-refractivity contribution < 1.29 is 9.84 Å². The van der Waals surface area contributed by atoms with E-state index < -0.39 is 6.10 Å². The Kier molecular flexibility index (Phi) is 5.34. The van der Waals surface area contributed by atoms with E-state index in [0.29, 0.717) is 13.2 Å². The van der Waals surface area contributed by atoms with Crippen LogP contribution in [0.25, 0.3) is 10.2 Å². The first kappa shape index (κ1) is 17.9. The molecule has 0 saturated carbocycles. The Hall–Kier alpha value is -0.890. The minimum absolute atomic E-state index is 0.168. The Balaban J connectivity index is 2.06. The Labute approximate surface area is 151 Å². The van der Waals surface area contributed by atoms with Crippen LogP contribution in [0.1, 0.15) is 44.6 Å². The maximum atomic E-state index is 9.64. The predicted molar refractivity (Wildman–Crippen MR) is 101 cm³/mol. The van der Waals surface area contributed by atoms with Gasteiger partial charge in [0.1, 0.15) is 10.6 Å². The molecule has 2 aromatic heterocycles. The molecule has 2 N–H and O–H groups in total. The summed E-state index contributed by atoms with van der Waals surface area (Å²) in [5.74, 6) is 1.84. The molecule has 3 heterocycles. The summed E-state index contributed by atoms with van der Waals surface area (Å²) in [7, 11) is 0. The molecule has 0 bridgehead atoms. The second kappa shape index (κ2) is 7.15. The molecule has 1 aliphatic heterocycles. The zero-order chi connectivity index (χ0) is 17.3. The van der Waals surface area contributed by atoms with Crippen molar-refractivity contribution >= 4 is 39.1 Å². The van der Waals surface area contributed by atoms with Crippen molar-refractivity contribution in [3.63, 3.8) is 0 Å². The van der Waals surface area contributed by atoms with Gasteiger partial charge in [-0.15, -0.1) is 11.3 Å². The van der Waals surface area contributed by atoms with Crippen LogP contribution in [-0.2, 0) is 17.8 Å². The van der Waals surface area contributed by atoms with Crippen molar-refractivity contribution in [1.29, 1.82) is 0 Å². The molecule has 132 valence electrons. The van der Waals surface area contributed by atoms with E-state index in [0.717, 1.165) is 39.8 Å². The summed E-state index contributed by atoms with van der Waals surface area (Å²) < 4.78 is 5.95. The molecular weight excluding hydrogens is 342 g/mol. The molecule has 24 heavy (non-hydrogen) atoms. The molecule has 7 heteroatoms. The standard InChI is InChI=1S/C17H25N3O2S2/c1-5-6-23-16-19-14(18-8-10(2)21)13-11-7-17(3,4)22-9-12(11)24-15(13)20-16/h10,21H,5-9H2,1-4H3,(H,18,19,20)/t10-/m1/s1. The lowest BCUT2D eigenvalue weighted by atomic mass is 9.94. The molecule has 0 spiro atoms. The molecule has 0 aliphatic carbocycles. The number of rotatable bonds is 6. The van der Waals surface area contributed by atoms with Gasteiger partial charge in [-0.1, -0.05) is 18.7 Å². The molecular formula is C17H25N3O2S2. The summed E-state index contributed by atoms with van der Waals surface area (Å²) in [4.78, 5) is 11.8. The molecule has 0 amide bonds. The molecule has 0 unspecified atom stereocenters. The summed E-state index contributed by atoms with van der Waals surface area (Å²) in [5, 5.41) is 14.9. The summed E-state index contributed by atoms with van der Waals surface area (Å²) in [6, 6.07) is 0. The first-order valence-electron chi connectivity index (χ1n) is 8.40. The van der Waals surface area contributed by atoms with E-state index in [1.54, 1.807) is 30.0 Å². The summed E-state index contributed by atoms with van der Waals surface area (Å²) in [6.07, 6.45) is 1.53. The number of ether oxygens (including phenoxy) is 1. The molecule has 5 nitrogen and oxygen atoms in total. The van der Waals surface area contributed by atoms with E-state index in [1.807, 2.05) is 0 Å². The van der Waals surface area contributed by atoms with Gasteiger partial charge in [0.05, 0.1) is 23.7 Å². The molecule has 0 fully saturated rings. The topological polar surface area (TPSA) is 67.3 Å². The highest BCUT2D eigenvalue weighted by Gasteiger charge is 2.31. The molecule has 2 aromatic rings. The van der Waals surface area contributed by atoms with Crippen LogP contribution in [0.4, 0.5) is 5.82 Å². The van der Waals surface area contributed by atoms with Crippen LogP contribution < -0.4 is 5.32 Å². The minimum atomic E-state index is -0.420. The lowest BCUT2D eigenvalue weighted by Crippen LogP contribution is -2.31. The maximum absolute atomic E-state index is 9.64. The fraction of sp³-hybridized carbons (Fsp3) is 0.647. The number of aromatic nitrogens is 2. The number of anilines is 1. The quantitative estimate of drug-likeness (QED) is 0.597. The minimum Gasteiger partial charge on any atom is -0.392 e. The summed E-state index contributed by atoms with van der Waals surface area (Å²) >= 11 is 3.38. The van der Waals surface area contributed by atoms with Gasteiger partial charge in [-0.2, -0.15) is 0 Å². The molecule has 1 aliphatic rings. The third kappa shape index (κ3) is 3.85. The lowest BCUT2D eigenvalue weighted by molar-refractivity contribution is -0.0379. The first-order valence-corrected chi connectivity index (χ1v) is 10.2. The summed E-state index contributed by atoms with van der Waals surface area (Å²) in [5.41, 5.74) is 1.13. The van der Waals surface area contributed by atoms with Crippen molar-refractivity contribution in [3.8, 4) is 0 Å². The number of hydrogen-bond donors (Lipinski definition) is 2. The fourth-order valence-electron chi connectivity index (χ4n) is 2.76. The Morgan fingerprint density at radius 1 is 1.42 bits per heavy atom. The number of nitrogens with zero attached hydrogens (tertiary/aromatic N) is 2. The molecule has 0 radical (unpaired) electrons. The van der Waals surface area contributed by atoms with Crippen LogP contribution in [-0.4, -0.2) is 39.1 Å². The van der Waals surface area contributed by atoms with Crippen molar-refractivity contribution in [2.24, 2.45) is 0 Å². The number of aliphatic hydroxyl groups is 1. The second-order valence-corrected chi connectivity index (χ2v) is 8.99. The third-order valence-corrected chi connectivity index (χ3v) is 6.06. The monoisotopic (exact) mass is 367 g/mol. The highest BCUT2D eigenvalue weighted by Crippen LogP contribution is 2.41. The third-order valence-electron chi connectivity index (χ3n) is 3.91. The van der Waals surface area contributed by atoms with E-state index in [2.05, 4.69) is 26.1 Å². The van der Waals surface area contributed by atoms with E-state index in [-0.39, 0.29) is 5.60 Å². The van der Waals surface area contributed by atoms with Crippen LogP contribution in [0.15, 0.2) is 5.16 Å². The van der Waals surface area contributed by atoms with Crippen molar-refractivity contribution in [3.05, 3.63) is 10.4 Å². The first-order chi connectivity index (χ1) is 11.4. The van der Waals surface area contributed by atoms with Gasteiger partial charge in [0.25, 0.3) is 0 Å². The van der Waals surface area contributed by atoms with Crippen molar-refractivity contribution in [2.75, 3.05) is 17.6 Å².